The summed E-state index contributed by atoms with van der Waals surface area (Å²) in [6.45, 7) is 6.44. The van der Waals surface area contributed by atoms with Crippen molar-refractivity contribution >= 4 is 17.5 Å². The van der Waals surface area contributed by atoms with Crippen LogP contribution in [0.1, 0.15) is 45.6 Å². The van der Waals surface area contributed by atoms with Gasteiger partial charge in [-0.15, -0.1) is 0 Å². The van der Waals surface area contributed by atoms with Gasteiger partial charge in [-0.3, -0.25) is 4.90 Å². The van der Waals surface area contributed by atoms with Gasteiger partial charge in [0.2, 0.25) is 0 Å². The molecule has 1 amide bonds. The fourth-order valence-electron chi connectivity index (χ4n) is 2.63. The first kappa shape index (κ1) is 14.2. The number of carbonyl (C=O) groups excluding carboxylic acids is 1. The van der Waals surface area contributed by atoms with Gasteiger partial charge < -0.3 is 10.1 Å². The van der Waals surface area contributed by atoms with Crippen LogP contribution in [0.2, 0.25) is 0 Å². The molecular weight excluding hydrogens is 264 g/mol. The molecule has 3 rings (SSSR count). The van der Waals surface area contributed by atoms with E-state index in [1.54, 1.807) is 4.90 Å². The van der Waals surface area contributed by atoms with Crippen molar-refractivity contribution in [1.82, 2.24) is 0 Å². The summed E-state index contributed by atoms with van der Waals surface area (Å²) in [5.74, 6) is 0. The molecule has 2 aliphatic rings. The van der Waals surface area contributed by atoms with Crippen LogP contribution in [0, 0.1) is 0 Å². The minimum atomic E-state index is -0.460. The molecule has 0 atom stereocenters. The van der Waals surface area contributed by atoms with Crippen molar-refractivity contribution in [1.29, 1.82) is 0 Å². The van der Waals surface area contributed by atoms with Crippen LogP contribution >= 0.6 is 0 Å². The lowest BCUT2D eigenvalue weighted by Crippen LogP contribution is -2.39. The Balaban J connectivity index is 1.82. The second-order valence-corrected chi connectivity index (χ2v) is 7.00. The molecule has 1 saturated carbocycles. The van der Waals surface area contributed by atoms with Crippen LogP contribution in [-0.2, 0) is 11.2 Å². The number of fused-ring (bicyclic) bond motifs is 1. The predicted molar refractivity (Wildman–Crippen MR) is 85.0 cm³/mol. The summed E-state index contributed by atoms with van der Waals surface area (Å²) in [7, 11) is 0. The number of hydrogen-bond acceptors (Lipinski definition) is 3. The number of nitrogens with one attached hydrogen (secondary N) is 1. The molecule has 4 heteroatoms. The molecular formula is C17H24N2O2. The molecule has 1 aromatic carbocycles. The zero-order valence-corrected chi connectivity index (χ0v) is 13.1. The molecule has 1 aliphatic heterocycles. The highest BCUT2D eigenvalue weighted by Gasteiger charge is 2.28. The SMILES string of the molecule is CC(C)(C)OC(=O)N1CCCc2ccc(NC3CC3)cc21. The normalized spacial score (nSPS) is 18.1. The number of carbonyl (C=O) groups is 1. The number of nitrogens with zero attached hydrogens (tertiary/aromatic N) is 1. The van der Waals surface area contributed by atoms with Crippen LogP contribution in [0.4, 0.5) is 16.2 Å². The minimum absolute atomic E-state index is 0.243. The third kappa shape index (κ3) is 3.49. The maximum absolute atomic E-state index is 12.4. The van der Waals surface area contributed by atoms with Gasteiger partial charge in [-0.05, 0) is 64.2 Å². The van der Waals surface area contributed by atoms with Crippen LogP contribution in [0.3, 0.4) is 0 Å². The molecule has 1 aromatic rings. The highest BCUT2D eigenvalue weighted by Crippen LogP contribution is 2.33. The van der Waals surface area contributed by atoms with Crippen molar-refractivity contribution in [3.8, 4) is 0 Å². The fourth-order valence-corrected chi connectivity index (χ4v) is 2.63. The van der Waals surface area contributed by atoms with E-state index in [9.17, 15) is 4.79 Å². The number of rotatable bonds is 2. The highest BCUT2D eigenvalue weighted by molar-refractivity contribution is 5.90. The molecule has 0 bridgehead atoms. The van der Waals surface area contributed by atoms with E-state index in [4.69, 9.17) is 4.74 Å². The van der Waals surface area contributed by atoms with Crippen LogP contribution < -0.4 is 10.2 Å². The Labute approximate surface area is 126 Å². The zero-order valence-electron chi connectivity index (χ0n) is 13.1. The second kappa shape index (κ2) is 5.24. The first-order valence-corrected chi connectivity index (χ1v) is 7.82. The summed E-state index contributed by atoms with van der Waals surface area (Å²) in [5, 5.41) is 3.49. The minimum Gasteiger partial charge on any atom is -0.443 e. The van der Waals surface area contributed by atoms with Crippen molar-refractivity contribution in [3.63, 3.8) is 0 Å². The van der Waals surface area contributed by atoms with E-state index >= 15 is 0 Å². The molecule has 4 nitrogen and oxygen atoms in total. The molecule has 0 unspecified atom stereocenters. The van der Waals surface area contributed by atoms with Crippen molar-refractivity contribution < 1.29 is 9.53 Å². The second-order valence-electron chi connectivity index (χ2n) is 7.00. The van der Waals surface area contributed by atoms with Crippen LogP contribution in [-0.4, -0.2) is 24.3 Å². The first-order valence-electron chi connectivity index (χ1n) is 7.82. The van der Waals surface area contributed by atoms with Gasteiger partial charge in [0.25, 0.3) is 0 Å². The smallest absolute Gasteiger partial charge is 0.414 e. The van der Waals surface area contributed by atoms with Gasteiger partial charge >= 0.3 is 6.09 Å². The highest BCUT2D eigenvalue weighted by atomic mass is 16.6. The number of ether oxygens (including phenoxy) is 1. The third-order valence-electron chi connectivity index (χ3n) is 3.77. The molecule has 1 aliphatic carbocycles. The zero-order chi connectivity index (χ0) is 15.0. The summed E-state index contributed by atoms with van der Waals surface area (Å²) in [6, 6.07) is 6.96. The lowest BCUT2D eigenvalue weighted by molar-refractivity contribution is 0.0578. The van der Waals surface area contributed by atoms with Gasteiger partial charge in [0, 0.05) is 18.3 Å². The standard InChI is InChI=1S/C17H24N2O2/c1-17(2,3)21-16(20)19-10-4-5-12-6-7-14(11-15(12)19)18-13-8-9-13/h6-7,11,13,18H,4-5,8-10H2,1-3H3. The average Bonchev–Trinajstić information content (AvgIpc) is 3.20. The molecule has 0 spiro atoms. The van der Waals surface area contributed by atoms with Gasteiger partial charge in [0.15, 0.2) is 0 Å². The Kier molecular flexibility index (Phi) is 3.56. The summed E-state index contributed by atoms with van der Waals surface area (Å²) >= 11 is 0. The maximum atomic E-state index is 12.4. The molecule has 1 fully saturated rings. The summed E-state index contributed by atoms with van der Waals surface area (Å²) in [6.07, 6.45) is 4.26. The molecule has 1 heterocycles. The van der Waals surface area contributed by atoms with Crippen molar-refractivity contribution in [3.05, 3.63) is 23.8 Å². The third-order valence-corrected chi connectivity index (χ3v) is 3.77. The van der Waals surface area contributed by atoms with Gasteiger partial charge in [-0.1, -0.05) is 6.07 Å². The average molecular weight is 288 g/mol. The monoisotopic (exact) mass is 288 g/mol. The van der Waals surface area contributed by atoms with E-state index < -0.39 is 5.60 Å². The lowest BCUT2D eigenvalue weighted by Gasteiger charge is -2.32. The summed E-state index contributed by atoms with van der Waals surface area (Å²) in [5.41, 5.74) is 2.87. The van der Waals surface area contributed by atoms with Gasteiger partial charge in [-0.25, -0.2) is 4.79 Å². The molecule has 0 aromatic heterocycles. The van der Waals surface area contributed by atoms with Crippen molar-refractivity contribution in [2.24, 2.45) is 0 Å². The number of aryl methyl sites for hydroxylation is 1. The van der Waals surface area contributed by atoms with E-state index in [0.717, 1.165) is 30.8 Å². The van der Waals surface area contributed by atoms with Gasteiger partial charge in [-0.2, -0.15) is 0 Å². The Morgan fingerprint density at radius 2 is 2.10 bits per heavy atom. The Morgan fingerprint density at radius 1 is 1.33 bits per heavy atom. The van der Waals surface area contributed by atoms with E-state index in [-0.39, 0.29) is 6.09 Å². The van der Waals surface area contributed by atoms with Crippen LogP contribution in [0.25, 0.3) is 0 Å². The van der Waals surface area contributed by atoms with Crippen molar-refractivity contribution in [2.45, 2.75) is 58.1 Å². The summed E-state index contributed by atoms with van der Waals surface area (Å²) < 4.78 is 5.53. The molecule has 0 radical (unpaired) electrons. The quantitative estimate of drug-likeness (QED) is 0.896. The molecule has 1 N–H and O–H groups in total. The number of amides is 1. The maximum Gasteiger partial charge on any atom is 0.414 e. The topological polar surface area (TPSA) is 41.6 Å². The molecule has 114 valence electrons. The van der Waals surface area contributed by atoms with Crippen molar-refractivity contribution in [2.75, 3.05) is 16.8 Å². The van der Waals surface area contributed by atoms with Crippen LogP contribution in [0.5, 0.6) is 0 Å². The van der Waals surface area contributed by atoms with E-state index in [1.807, 2.05) is 20.8 Å². The van der Waals surface area contributed by atoms with Gasteiger partial charge in [0.05, 0.1) is 5.69 Å². The summed E-state index contributed by atoms with van der Waals surface area (Å²) in [4.78, 5) is 14.2. The predicted octanol–water partition coefficient (Wildman–Crippen LogP) is 3.95. The number of anilines is 2. The fraction of sp³-hybridized carbons (Fsp3) is 0.588. The Bertz CT molecular complexity index is 544. The molecule has 0 saturated heterocycles. The van der Waals surface area contributed by atoms with Crippen LogP contribution in [0.15, 0.2) is 18.2 Å². The number of benzene rings is 1. The van der Waals surface area contributed by atoms with E-state index in [2.05, 4.69) is 23.5 Å². The van der Waals surface area contributed by atoms with E-state index in [1.165, 1.54) is 18.4 Å². The number of hydrogen-bond donors (Lipinski definition) is 1. The Hall–Kier alpha value is -1.71. The largest absolute Gasteiger partial charge is 0.443 e. The first-order chi connectivity index (χ1) is 9.92. The van der Waals surface area contributed by atoms with E-state index in [0.29, 0.717) is 6.04 Å². The Morgan fingerprint density at radius 3 is 2.76 bits per heavy atom. The lowest BCUT2D eigenvalue weighted by atomic mass is 10.0. The molecule has 21 heavy (non-hydrogen) atoms. The van der Waals surface area contributed by atoms with Gasteiger partial charge in [0.1, 0.15) is 5.60 Å².